The monoisotopic (exact) mass is 275 g/mol. The van der Waals surface area contributed by atoms with E-state index in [2.05, 4.69) is 4.72 Å². The van der Waals surface area contributed by atoms with Gasteiger partial charge in [0.25, 0.3) is 0 Å². The van der Waals surface area contributed by atoms with Crippen LogP contribution in [0.5, 0.6) is 0 Å². The average molecular weight is 275 g/mol. The molecule has 4 atom stereocenters. The van der Waals surface area contributed by atoms with Crippen molar-refractivity contribution >= 4 is 10.0 Å². The van der Waals surface area contributed by atoms with Crippen molar-refractivity contribution in [1.82, 2.24) is 4.72 Å². The van der Waals surface area contributed by atoms with Gasteiger partial charge < -0.3 is 5.11 Å². The van der Waals surface area contributed by atoms with Crippen LogP contribution in [-0.4, -0.2) is 31.9 Å². The van der Waals surface area contributed by atoms with Crippen LogP contribution in [-0.2, 0) is 10.0 Å². The van der Waals surface area contributed by atoms with E-state index in [-0.39, 0.29) is 18.4 Å². The Balaban J connectivity index is 1.81. The lowest BCUT2D eigenvalue weighted by Crippen LogP contribution is -2.41. The largest absolute Gasteiger partial charge is 0.396 e. The fourth-order valence-corrected chi connectivity index (χ4v) is 5.18. The van der Waals surface area contributed by atoms with Gasteiger partial charge in [0, 0.05) is 12.6 Å². The van der Waals surface area contributed by atoms with Crippen molar-refractivity contribution in [2.45, 2.75) is 51.5 Å². The van der Waals surface area contributed by atoms with Crippen LogP contribution in [0.25, 0.3) is 0 Å². The minimum atomic E-state index is -3.17. The number of rotatable bonds is 7. The third-order valence-electron chi connectivity index (χ3n) is 4.62. The van der Waals surface area contributed by atoms with Crippen LogP contribution in [0.3, 0.4) is 0 Å². The molecule has 0 saturated heterocycles. The van der Waals surface area contributed by atoms with Crippen molar-refractivity contribution in [1.29, 1.82) is 0 Å². The van der Waals surface area contributed by atoms with Gasteiger partial charge in [0.2, 0.25) is 10.0 Å². The summed E-state index contributed by atoms with van der Waals surface area (Å²) in [7, 11) is -3.17. The van der Waals surface area contributed by atoms with Gasteiger partial charge >= 0.3 is 0 Å². The highest BCUT2D eigenvalue weighted by atomic mass is 32.2. The molecule has 0 aromatic heterocycles. The van der Waals surface area contributed by atoms with Gasteiger partial charge in [0.1, 0.15) is 0 Å². The molecule has 18 heavy (non-hydrogen) atoms. The fraction of sp³-hybridized carbons (Fsp3) is 1.00. The third kappa shape index (κ3) is 3.45. The standard InChI is InChI=1S/C13H25NO3S/c1-10(13-9-11-4-5-12(13)8-11)14-18(16,17)7-3-2-6-15/h10-15H,2-9H2,1H3. The maximum Gasteiger partial charge on any atom is 0.211 e. The van der Waals surface area contributed by atoms with Crippen LogP contribution in [0.4, 0.5) is 0 Å². The second kappa shape index (κ2) is 5.88. The maximum absolute atomic E-state index is 11.9. The summed E-state index contributed by atoms with van der Waals surface area (Å²) >= 11 is 0. The summed E-state index contributed by atoms with van der Waals surface area (Å²) in [6, 6.07) is 0.0689. The minimum Gasteiger partial charge on any atom is -0.396 e. The van der Waals surface area contributed by atoms with Crippen LogP contribution in [0.2, 0.25) is 0 Å². The van der Waals surface area contributed by atoms with Gasteiger partial charge in [-0.3, -0.25) is 0 Å². The number of nitrogens with one attached hydrogen (secondary N) is 1. The first-order chi connectivity index (χ1) is 8.52. The van der Waals surface area contributed by atoms with Gasteiger partial charge in [-0.2, -0.15) is 0 Å². The van der Waals surface area contributed by atoms with E-state index in [1.165, 1.54) is 25.7 Å². The fourth-order valence-electron chi connectivity index (χ4n) is 3.74. The second-order valence-corrected chi connectivity index (χ2v) is 7.87. The third-order valence-corrected chi connectivity index (χ3v) is 6.18. The molecule has 106 valence electrons. The van der Waals surface area contributed by atoms with E-state index in [4.69, 9.17) is 5.11 Å². The van der Waals surface area contributed by atoms with Gasteiger partial charge in [-0.1, -0.05) is 6.42 Å². The molecule has 4 nitrogen and oxygen atoms in total. The SMILES string of the molecule is CC(NS(=O)(=O)CCCCO)C1CC2CCC1C2. The van der Waals surface area contributed by atoms with Gasteiger partial charge in [-0.15, -0.1) is 0 Å². The van der Waals surface area contributed by atoms with Crippen molar-refractivity contribution < 1.29 is 13.5 Å². The topological polar surface area (TPSA) is 66.4 Å². The van der Waals surface area contributed by atoms with Crippen LogP contribution in [0.1, 0.15) is 45.4 Å². The van der Waals surface area contributed by atoms with Gasteiger partial charge in [0.15, 0.2) is 0 Å². The molecule has 2 bridgehead atoms. The zero-order chi connectivity index (χ0) is 13.2. The summed E-state index contributed by atoms with van der Waals surface area (Å²) in [5, 5.41) is 8.67. The Morgan fingerprint density at radius 1 is 1.28 bits per heavy atom. The first-order valence-electron chi connectivity index (χ1n) is 7.12. The molecule has 2 aliphatic carbocycles. The lowest BCUT2D eigenvalue weighted by molar-refractivity contribution is 0.279. The molecule has 2 rings (SSSR count). The second-order valence-electron chi connectivity index (χ2n) is 5.99. The van der Waals surface area contributed by atoms with E-state index in [0.717, 1.165) is 11.8 Å². The first kappa shape index (κ1) is 14.3. The Labute approximate surface area is 110 Å². The lowest BCUT2D eigenvalue weighted by atomic mass is 9.84. The van der Waals surface area contributed by atoms with Gasteiger partial charge in [0.05, 0.1) is 5.75 Å². The Kier molecular flexibility index (Phi) is 4.67. The lowest BCUT2D eigenvalue weighted by Gasteiger charge is -2.28. The van der Waals surface area contributed by atoms with Crippen LogP contribution in [0, 0.1) is 17.8 Å². The summed E-state index contributed by atoms with van der Waals surface area (Å²) in [5.41, 5.74) is 0. The molecular weight excluding hydrogens is 250 g/mol. The molecular formula is C13H25NO3S. The molecule has 0 spiro atoms. The minimum absolute atomic E-state index is 0.0669. The summed E-state index contributed by atoms with van der Waals surface area (Å²) in [4.78, 5) is 0. The molecule has 5 heteroatoms. The highest BCUT2D eigenvalue weighted by Gasteiger charge is 2.42. The Morgan fingerprint density at radius 2 is 2.06 bits per heavy atom. The molecule has 2 N–H and O–H groups in total. The van der Waals surface area contributed by atoms with Crippen LogP contribution >= 0.6 is 0 Å². The summed E-state index contributed by atoms with van der Waals surface area (Å²) in [5.74, 6) is 2.27. The molecule has 0 aliphatic heterocycles. The number of hydrogen-bond acceptors (Lipinski definition) is 3. The molecule has 2 aliphatic rings. The number of aliphatic hydroxyl groups is 1. The molecule has 2 fully saturated rings. The van der Waals surface area contributed by atoms with Crippen molar-refractivity contribution in [2.75, 3.05) is 12.4 Å². The molecule has 0 amide bonds. The van der Waals surface area contributed by atoms with E-state index in [1.807, 2.05) is 6.92 Å². The highest BCUT2D eigenvalue weighted by Crippen LogP contribution is 2.49. The predicted octanol–water partition coefficient (Wildman–Crippen LogP) is 1.50. The number of unbranched alkanes of at least 4 members (excludes halogenated alkanes) is 1. The first-order valence-corrected chi connectivity index (χ1v) is 8.78. The maximum atomic E-state index is 11.9. The molecule has 0 heterocycles. The zero-order valence-corrected chi connectivity index (χ0v) is 12.0. The summed E-state index contributed by atoms with van der Waals surface area (Å²) in [6.45, 7) is 2.08. The van der Waals surface area contributed by atoms with E-state index in [9.17, 15) is 8.42 Å². The van der Waals surface area contributed by atoms with E-state index >= 15 is 0 Å². The van der Waals surface area contributed by atoms with Crippen molar-refractivity contribution in [3.8, 4) is 0 Å². The van der Waals surface area contributed by atoms with Crippen LogP contribution < -0.4 is 4.72 Å². The summed E-state index contributed by atoms with van der Waals surface area (Å²) < 4.78 is 26.6. The number of hydrogen-bond donors (Lipinski definition) is 2. The molecule has 2 saturated carbocycles. The molecule has 0 radical (unpaired) electrons. The average Bonchev–Trinajstić information content (AvgIpc) is 2.90. The van der Waals surface area contributed by atoms with Crippen LogP contribution in [0.15, 0.2) is 0 Å². The number of fused-ring (bicyclic) bond motifs is 2. The van der Waals surface area contributed by atoms with Gasteiger partial charge in [-0.05, 0) is 56.8 Å². The van der Waals surface area contributed by atoms with Crippen molar-refractivity contribution in [3.63, 3.8) is 0 Å². The highest BCUT2D eigenvalue weighted by molar-refractivity contribution is 7.89. The molecule has 0 aromatic rings. The Hall–Kier alpha value is -0.130. The van der Waals surface area contributed by atoms with E-state index in [0.29, 0.717) is 18.8 Å². The van der Waals surface area contributed by atoms with Gasteiger partial charge in [-0.25, -0.2) is 13.1 Å². The summed E-state index contributed by atoms with van der Waals surface area (Å²) in [6.07, 6.45) is 6.23. The number of aliphatic hydroxyl groups excluding tert-OH is 1. The molecule has 0 aromatic carbocycles. The van der Waals surface area contributed by atoms with Crippen molar-refractivity contribution in [3.05, 3.63) is 0 Å². The zero-order valence-electron chi connectivity index (χ0n) is 11.1. The normalized spacial score (nSPS) is 32.9. The smallest absolute Gasteiger partial charge is 0.211 e. The predicted molar refractivity (Wildman–Crippen MR) is 71.6 cm³/mol. The van der Waals surface area contributed by atoms with Crippen molar-refractivity contribution in [2.24, 2.45) is 17.8 Å². The quantitative estimate of drug-likeness (QED) is 0.692. The molecule has 4 unspecified atom stereocenters. The Morgan fingerprint density at radius 3 is 2.61 bits per heavy atom. The number of sulfonamides is 1. The Bertz CT molecular complexity index is 368. The van der Waals surface area contributed by atoms with E-state index < -0.39 is 10.0 Å². The van der Waals surface area contributed by atoms with E-state index in [1.54, 1.807) is 0 Å².